The van der Waals surface area contributed by atoms with Gasteiger partial charge in [-0.15, -0.1) is 0 Å². The number of nitrogens with one attached hydrogen (secondary N) is 3. The van der Waals surface area contributed by atoms with Crippen LogP contribution in [0.3, 0.4) is 0 Å². The number of carbonyl (C=O) groups is 2. The zero-order chi connectivity index (χ0) is 39.1. The Balaban J connectivity index is 1.12. The predicted molar refractivity (Wildman–Crippen MR) is 212 cm³/mol. The number of aryl methyl sites for hydroxylation is 3. The van der Waals surface area contributed by atoms with Crippen LogP contribution in [0.2, 0.25) is 0 Å². The van der Waals surface area contributed by atoms with Crippen LogP contribution in [-0.2, 0) is 16.1 Å². The predicted octanol–water partition coefficient (Wildman–Crippen LogP) is 6.79. The molecular weight excluding hydrogens is 705 g/mol. The Kier molecular flexibility index (Phi) is 9.40. The number of fused-ring (bicyclic) bond motifs is 2. The minimum absolute atomic E-state index is 0.0866. The minimum Gasteiger partial charge on any atom is -0.383 e. The number of aromatic nitrogens is 6. The molecule has 6 aromatic heterocycles. The molecule has 278 valence electrons. The SMILES string of the molecule is Cc1ccncc1-c1nc(NCc2ccncc2-c2nc(N)c3cnc(NC(=O)[C@@H]4C[C@H]4CC#N)cc3c2C)c2cnc(NC(=O)[C@H]3C[C@@H]3CC#N)cc2c1C. The molecule has 2 saturated carbocycles. The fourth-order valence-electron chi connectivity index (χ4n) is 7.44. The van der Waals surface area contributed by atoms with E-state index in [9.17, 15) is 9.59 Å². The molecule has 56 heavy (non-hydrogen) atoms. The molecule has 0 spiro atoms. The molecule has 2 aliphatic rings. The zero-order valence-corrected chi connectivity index (χ0v) is 31.1. The fourth-order valence-corrected chi connectivity index (χ4v) is 7.44. The van der Waals surface area contributed by atoms with Crippen molar-refractivity contribution in [2.45, 2.75) is 53.0 Å². The van der Waals surface area contributed by atoms with Crippen molar-refractivity contribution in [1.29, 1.82) is 10.5 Å². The van der Waals surface area contributed by atoms with Gasteiger partial charge in [-0.1, -0.05) is 0 Å². The number of nitriles is 2. The monoisotopic (exact) mass is 742 g/mol. The molecule has 4 atom stereocenters. The van der Waals surface area contributed by atoms with E-state index >= 15 is 0 Å². The van der Waals surface area contributed by atoms with Gasteiger partial charge in [0, 0.05) is 90.3 Å². The molecule has 14 heteroatoms. The van der Waals surface area contributed by atoms with Gasteiger partial charge in [0.25, 0.3) is 0 Å². The number of anilines is 4. The lowest BCUT2D eigenvalue weighted by atomic mass is 9.98. The largest absolute Gasteiger partial charge is 0.383 e. The second-order valence-electron chi connectivity index (χ2n) is 14.6. The maximum Gasteiger partial charge on any atom is 0.228 e. The molecule has 2 fully saturated rings. The van der Waals surface area contributed by atoms with Crippen LogP contribution in [-0.4, -0.2) is 41.7 Å². The van der Waals surface area contributed by atoms with E-state index in [1.54, 1.807) is 37.2 Å². The van der Waals surface area contributed by atoms with Gasteiger partial charge in [-0.25, -0.2) is 19.9 Å². The number of nitrogen functional groups attached to an aromatic ring is 1. The van der Waals surface area contributed by atoms with Crippen molar-refractivity contribution in [3.05, 3.63) is 83.7 Å². The normalized spacial score (nSPS) is 18.2. The third-order valence-electron chi connectivity index (χ3n) is 10.9. The van der Waals surface area contributed by atoms with Gasteiger partial charge in [0.05, 0.1) is 23.5 Å². The first-order valence-corrected chi connectivity index (χ1v) is 18.4. The highest BCUT2D eigenvalue weighted by atomic mass is 16.2. The van der Waals surface area contributed by atoms with E-state index < -0.39 is 0 Å². The minimum atomic E-state index is -0.184. The fraction of sp³-hybridized carbons (Fsp3) is 0.286. The Hall–Kier alpha value is -7.06. The van der Waals surface area contributed by atoms with Crippen molar-refractivity contribution in [2.75, 3.05) is 21.7 Å². The third kappa shape index (κ3) is 6.89. The van der Waals surface area contributed by atoms with Gasteiger partial charge in [-0.3, -0.25) is 19.6 Å². The summed E-state index contributed by atoms with van der Waals surface area (Å²) in [4.78, 5) is 53.6. The van der Waals surface area contributed by atoms with Crippen LogP contribution in [0.5, 0.6) is 0 Å². The molecule has 0 unspecified atom stereocenters. The second-order valence-corrected chi connectivity index (χ2v) is 14.6. The van der Waals surface area contributed by atoms with Gasteiger partial charge >= 0.3 is 0 Å². The number of hydrogen-bond donors (Lipinski definition) is 4. The summed E-state index contributed by atoms with van der Waals surface area (Å²) < 4.78 is 0. The summed E-state index contributed by atoms with van der Waals surface area (Å²) in [6, 6.07) is 11.8. The summed E-state index contributed by atoms with van der Waals surface area (Å²) >= 11 is 0. The maximum absolute atomic E-state index is 13.0. The standard InChI is InChI=1S/C42H38N12O2/c1-21-6-10-46-17-31(21)37-23(3)28-15-36(52-42(56)30-13-25(30)5-9-44)49-20-34(28)40(54-37)50-16-26-7-11-47-18-32(26)38-22(2)27-14-35(48-19-33(27)39(45)53-38)51-41(55)29-12-24(29)4-8-43/h6-7,10-11,14-15,17-20,24-25,29-30H,4-5,12-13,16H2,1-3H3,(H2,45,53)(H,50,54)(H,48,51,55)(H,49,52,56)/t24-,25+,29-,30+/m1/s1. The summed E-state index contributed by atoms with van der Waals surface area (Å²) in [5.74, 6) is 1.26. The van der Waals surface area contributed by atoms with Crippen LogP contribution in [0.4, 0.5) is 23.3 Å². The summed E-state index contributed by atoms with van der Waals surface area (Å²) in [5, 5.41) is 30.6. The summed E-state index contributed by atoms with van der Waals surface area (Å²) in [5.41, 5.74) is 13.2. The number of nitrogens with zero attached hydrogens (tertiary/aromatic N) is 8. The van der Waals surface area contributed by atoms with Crippen LogP contribution < -0.4 is 21.7 Å². The molecule has 6 heterocycles. The van der Waals surface area contributed by atoms with Crippen LogP contribution in [0, 0.1) is 67.1 Å². The molecule has 0 saturated heterocycles. The molecule has 14 nitrogen and oxygen atoms in total. The molecule has 0 radical (unpaired) electrons. The van der Waals surface area contributed by atoms with Crippen molar-refractivity contribution < 1.29 is 9.59 Å². The highest BCUT2D eigenvalue weighted by Gasteiger charge is 2.43. The van der Waals surface area contributed by atoms with Crippen molar-refractivity contribution in [3.8, 4) is 34.7 Å². The molecule has 6 aromatic rings. The summed E-state index contributed by atoms with van der Waals surface area (Å²) in [6.07, 6.45) is 12.5. The number of nitrogens with two attached hydrogens (primary N) is 1. The molecule has 0 aliphatic heterocycles. The molecule has 2 aliphatic carbocycles. The first-order valence-electron chi connectivity index (χ1n) is 18.4. The highest BCUT2D eigenvalue weighted by molar-refractivity contribution is 6.02. The number of pyridine rings is 6. The number of hydrogen-bond acceptors (Lipinski definition) is 12. The molecular formula is C42H38N12O2. The summed E-state index contributed by atoms with van der Waals surface area (Å²) in [7, 11) is 0. The molecule has 8 rings (SSSR count). The average molecular weight is 743 g/mol. The van der Waals surface area contributed by atoms with Gasteiger partial charge in [0.2, 0.25) is 11.8 Å². The van der Waals surface area contributed by atoms with Gasteiger partial charge in [0.15, 0.2) is 0 Å². The van der Waals surface area contributed by atoms with E-state index in [-0.39, 0.29) is 35.5 Å². The first kappa shape index (κ1) is 35.9. The lowest BCUT2D eigenvalue weighted by Gasteiger charge is -2.18. The molecule has 0 aromatic carbocycles. The molecule has 2 amide bonds. The van der Waals surface area contributed by atoms with Gasteiger partial charge in [0.1, 0.15) is 23.3 Å². The van der Waals surface area contributed by atoms with E-state index in [2.05, 4.69) is 48.0 Å². The topological polar surface area (TPSA) is 221 Å². The van der Waals surface area contributed by atoms with Gasteiger partial charge in [-0.05, 0) is 103 Å². The summed E-state index contributed by atoms with van der Waals surface area (Å²) in [6.45, 7) is 6.31. The Labute approximate surface area is 322 Å². The van der Waals surface area contributed by atoms with Crippen molar-refractivity contribution in [2.24, 2.45) is 23.7 Å². The van der Waals surface area contributed by atoms with Crippen LogP contribution in [0.15, 0.2) is 61.4 Å². The molecule has 5 N–H and O–H groups in total. The average Bonchev–Trinajstić information content (AvgIpc) is 4.14. The Morgan fingerprint density at radius 3 is 1.91 bits per heavy atom. The zero-order valence-electron chi connectivity index (χ0n) is 31.1. The number of amides is 2. The van der Waals surface area contributed by atoms with E-state index in [4.69, 9.17) is 26.2 Å². The number of rotatable bonds is 11. The highest BCUT2D eigenvalue weighted by Crippen LogP contribution is 2.43. The maximum atomic E-state index is 13.0. The van der Waals surface area contributed by atoms with Crippen LogP contribution in [0.25, 0.3) is 44.1 Å². The first-order chi connectivity index (χ1) is 27.1. The van der Waals surface area contributed by atoms with Gasteiger partial charge < -0.3 is 21.7 Å². The van der Waals surface area contributed by atoms with E-state index in [1.165, 1.54) is 0 Å². The Bertz CT molecular complexity index is 2660. The van der Waals surface area contributed by atoms with Gasteiger partial charge in [-0.2, -0.15) is 10.5 Å². The van der Waals surface area contributed by atoms with E-state index in [0.29, 0.717) is 66.6 Å². The second kappa shape index (κ2) is 14.6. The van der Waals surface area contributed by atoms with Crippen molar-refractivity contribution in [1.82, 2.24) is 29.9 Å². The Morgan fingerprint density at radius 1 is 0.750 bits per heavy atom. The van der Waals surface area contributed by atoms with Crippen molar-refractivity contribution in [3.63, 3.8) is 0 Å². The van der Waals surface area contributed by atoms with Crippen LogP contribution >= 0.6 is 0 Å². The molecule has 0 bridgehead atoms. The van der Waals surface area contributed by atoms with Crippen molar-refractivity contribution >= 4 is 56.6 Å². The third-order valence-corrected chi connectivity index (χ3v) is 10.9. The lowest BCUT2D eigenvalue weighted by Crippen LogP contribution is -2.16. The smallest absolute Gasteiger partial charge is 0.228 e. The van der Waals surface area contributed by atoms with E-state index in [1.807, 2.05) is 45.0 Å². The van der Waals surface area contributed by atoms with E-state index in [0.717, 1.165) is 55.2 Å². The van der Waals surface area contributed by atoms with Crippen LogP contribution in [0.1, 0.15) is 47.9 Å². The number of carbonyl (C=O) groups excluding carboxylic acids is 2. The Morgan fingerprint density at radius 2 is 1.30 bits per heavy atom. The quantitative estimate of drug-likeness (QED) is 0.108. The lowest BCUT2D eigenvalue weighted by molar-refractivity contribution is -0.118.